The SMILES string of the molecule is COc1cccc(NC(=O)c2ccc(N3CCCN(Cc4ccccc4F)C3=O)cc2)c1. The van der Waals surface area contributed by atoms with E-state index in [-0.39, 0.29) is 24.3 Å². The lowest BCUT2D eigenvalue weighted by Crippen LogP contribution is -2.49. The molecule has 1 N–H and O–H groups in total. The van der Waals surface area contributed by atoms with Crippen molar-refractivity contribution in [1.29, 1.82) is 0 Å². The fraction of sp³-hybridized carbons (Fsp3) is 0.200. The van der Waals surface area contributed by atoms with Crippen LogP contribution in [0.25, 0.3) is 0 Å². The van der Waals surface area contributed by atoms with Crippen molar-refractivity contribution < 1.29 is 18.7 Å². The first-order valence-corrected chi connectivity index (χ1v) is 10.4. The highest BCUT2D eigenvalue weighted by Crippen LogP contribution is 2.23. The van der Waals surface area contributed by atoms with Crippen LogP contribution in [-0.4, -0.2) is 37.0 Å². The second kappa shape index (κ2) is 9.51. The van der Waals surface area contributed by atoms with E-state index in [1.807, 2.05) is 0 Å². The fourth-order valence-corrected chi connectivity index (χ4v) is 3.70. The molecule has 0 atom stereocenters. The average Bonchev–Trinajstić information content (AvgIpc) is 2.82. The van der Waals surface area contributed by atoms with Gasteiger partial charge in [0.05, 0.1) is 13.7 Å². The maximum absolute atomic E-state index is 14.0. The first kappa shape index (κ1) is 21.4. The molecule has 164 valence electrons. The highest BCUT2D eigenvalue weighted by atomic mass is 19.1. The third-order valence-corrected chi connectivity index (χ3v) is 5.40. The van der Waals surface area contributed by atoms with Crippen LogP contribution in [0.15, 0.2) is 72.8 Å². The number of ether oxygens (including phenoxy) is 1. The van der Waals surface area contributed by atoms with Crippen molar-refractivity contribution in [2.24, 2.45) is 0 Å². The number of nitrogens with zero attached hydrogens (tertiary/aromatic N) is 2. The van der Waals surface area contributed by atoms with Gasteiger partial charge >= 0.3 is 6.03 Å². The molecule has 4 rings (SSSR count). The summed E-state index contributed by atoms with van der Waals surface area (Å²) < 4.78 is 19.2. The monoisotopic (exact) mass is 433 g/mol. The van der Waals surface area contributed by atoms with Crippen LogP contribution < -0.4 is 15.0 Å². The molecule has 0 spiro atoms. The molecule has 3 aromatic rings. The zero-order valence-corrected chi connectivity index (χ0v) is 17.8. The number of halogens is 1. The second-order valence-corrected chi connectivity index (χ2v) is 7.53. The summed E-state index contributed by atoms with van der Waals surface area (Å²) in [5.41, 5.74) is 2.30. The molecule has 7 heteroatoms. The molecule has 1 heterocycles. The molecule has 0 bridgehead atoms. The summed E-state index contributed by atoms with van der Waals surface area (Å²) in [5.74, 6) is 0.0847. The predicted molar refractivity (Wildman–Crippen MR) is 122 cm³/mol. The Kier molecular flexibility index (Phi) is 6.35. The van der Waals surface area contributed by atoms with Gasteiger partial charge in [-0.1, -0.05) is 24.3 Å². The van der Waals surface area contributed by atoms with Crippen molar-refractivity contribution in [1.82, 2.24) is 4.90 Å². The third kappa shape index (κ3) is 4.72. The van der Waals surface area contributed by atoms with E-state index in [1.165, 1.54) is 6.07 Å². The standard InChI is InChI=1S/C25H24FN3O3/c1-32-22-8-4-7-20(16-22)27-24(30)18-10-12-21(13-11-18)29-15-5-14-28(25(29)31)17-19-6-2-3-9-23(19)26/h2-4,6-13,16H,5,14-15,17H2,1H3,(H,27,30). The van der Waals surface area contributed by atoms with Crippen LogP contribution >= 0.6 is 0 Å². The first-order valence-electron chi connectivity index (χ1n) is 10.4. The molecule has 1 aliphatic heterocycles. The minimum atomic E-state index is -0.316. The lowest BCUT2D eigenvalue weighted by molar-refractivity contribution is 0.102. The van der Waals surface area contributed by atoms with Gasteiger partial charge in [-0.2, -0.15) is 0 Å². The molecule has 32 heavy (non-hydrogen) atoms. The molecule has 1 aliphatic rings. The van der Waals surface area contributed by atoms with E-state index in [0.29, 0.717) is 41.3 Å². The Balaban J connectivity index is 1.44. The van der Waals surface area contributed by atoms with Gasteiger partial charge in [-0.3, -0.25) is 9.69 Å². The minimum absolute atomic E-state index is 0.173. The van der Waals surface area contributed by atoms with Gasteiger partial charge in [0.2, 0.25) is 0 Å². The van der Waals surface area contributed by atoms with Crippen molar-refractivity contribution in [2.45, 2.75) is 13.0 Å². The lowest BCUT2D eigenvalue weighted by atomic mass is 10.1. The Morgan fingerprint density at radius 3 is 2.56 bits per heavy atom. The minimum Gasteiger partial charge on any atom is -0.497 e. The molecule has 6 nitrogen and oxygen atoms in total. The summed E-state index contributed by atoms with van der Waals surface area (Å²) >= 11 is 0. The van der Waals surface area contributed by atoms with E-state index in [1.54, 1.807) is 83.6 Å². The Labute approximate surface area is 186 Å². The summed E-state index contributed by atoms with van der Waals surface area (Å²) in [6.07, 6.45) is 0.776. The Morgan fingerprint density at radius 1 is 1.03 bits per heavy atom. The fourth-order valence-electron chi connectivity index (χ4n) is 3.70. The first-order chi connectivity index (χ1) is 15.5. The van der Waals surface area contributed by atoms with Crippen molar-refractivity contribution in [3.63, 3.8) is 0 Å². The lowest BCUT2D eigenvalue weighted by Gasteiger charge is -2.35. The summed E-state index contributed by atoms with van der Waals surface area (Å²) in [4.78, 5) is 28.9. The van der Waals surface area contributed by atoms with Crippen LogP contribution in [0.5, 0.6) is 5.75 Å². The molecule has 0 saturated carbocycles. The van der Waals surface area contributed by atoms with Crippen molar-refractivity contribution in [2.75, 3.05) is 30.4 Å². The summed E-state index contributed by atoms with van der Waals surface area (Å²) in [5, 5.41) is 2.84. The van der Waals surface area contributed by atoms with Crippen LogP contribution in [-0.2, 0) is 6.54 Å². The van der Waals surface area contributed by atoms with Crippen LogP contribution in [0.2, 0.25) is 0 Å². The number of methoxy groups -OCH3 is 1. The number of hydrogen-bond acceptors (Lipinski definition) is 3. The zero-order chi connectivity index (χ0) is 22.5. The molecule has 3 amide bonds. The van der Waals surface area contributed by atoms with Crippen LogP contribution in [0.1, 0.15) is 22.3 Å². The highest BCUT2D eigenvalue weighted by molar-refractivity contribution is 6.04. The molecular weight excluding hydrogens is 409 g/mol. The maximum atomic E-state index is 14.0. The smallest absolute Gasteiger partial charge is 0.324 e. The normalized spacial score (nSPS) is 13.8. The molecule has 3 aromatic carbocycles. The van der Waals surface area contributed by atoms with Gasteiger partial charge < -0.3 is 15.0 Å². The number of urea groups is 1. The molecule has 1 fully saturated rings. The number of benzene rings is 3. The maximum Gasteiger partial charge on any atom is 0.324 e. The zero-order valence-electron chi connectivity index (χ0n) is 17.8. The van der Waals surface area contributed by atoms with Crippen LogP contribution in [0.4, 0.5) is 20.6 Å². The van der Waals surface area contributed by atoms with Crippen molar-refractivity contribution in [3.8, 4) is 5.75 Å². The van der Waals surface area contributed by atoms with E-state index < -0.39 is 0 Å². The Hall–Kier alpha value is -3.87. The van der Waals surface area contributed by atoms with Crippen LogP contribution in [0, 0.1) is 5.82 Å². The van der Waals surface area contributed by atoms with E-state index in [4.69, 9.17) is 4.74 Å². The van der Waals surface area contributed by atoms with Gasteiger partial charge in [0.15, 0.2) is 0 Å². The van der Waals surface area contributed by atoms with E-state index in [9.17, 15) is 14.0 Å². The topological polar surface area (TPSA) is 61.9 Å². The van der Waals surface area contributed by atoms with Crippen molar-refractivity contribution in [3.05, 3.63) is 89.7 Å². The van der Waals surface area contributed by atoms with Gasteiger partial charge in [-0.15, -0.1) is 0 Å². The third-order valence-electron chi connectivity index (χ3n) is 5.40. The van der Waals surface area contributed by atoms with Crippen LogP contribution in [0.3, 0.4) is 0 Å². The number of hydrogen-bond donors (Lipinski definition) is 1. The molecule has 0 radical (unpaired) electrons. The van der Waals surface area contributed by atoms with Gasteiger partial charge in [-0.05, 0) is 48.9 Å². The molecule has 0 aromatic heterocycles. The van der Waals surface area contributed by atoms with Gasteiger partial charge in [0.25, 0.3) is 5.91 Å². The Morgan fingerprint density at radius 2 is 1.81 bits per heavy atom. The van der Waals surface area contributed by atoms with Gasteiger partial charge in [0, 0.05) is 41.7 Å². The number of nitrogens with one attached hydrogen (secondary N) is 1. The summed E-state index contributed by atoms with van der Waals surface area (Å²) in [6.45, 7) is 1.37. The number of carbonyl (C=O) groups is 2. The van der Waals surface area contributed by atoms with E-state index >= 15 is 0 Å². The number of carbonyl (C=O) groups excluding carboxylic acids is 2. The highest BCUT2D eigenvalue weighted by Gasteiger charge is 2.27. The number of anilines is 2. The number of rotatable bonds is 6. The van der Waals surface area contributed by atoms with E-state index in [2.05, 4.69) is 5.32 Å². The predicted octanol–water partition coefficient (Wildman–Crippen LogP) is 4.92. The van der Waals surface area contributed by atoms with Gasteiger partial charge in [0.1, 0.15) is 11.6 Å². The van der Waals surface area contributed by atoms with Crippen molar-refractivity contribution >= 4 is 23.3 Å². The second-order valence-electron chi connectivity index (χ2n) is 7.53. The average molecular weight is 433 g/mol. The quantitative estimate of drug-likeness (QED) is 0.600. The molecule has 0 aliphatic carbocycles. The van der Waals surface area contributed by atoms with E-state index in [0.717, 1.165) is 6.42 Å². The van der Waals surface area contributed by atoms with Gasteiger partial charge in [-0.25, -0.2) is 9.18 Å². The number of amides is 3. The molecule has 0 unspecified atom stereocenters. The summed E-state index contributed by atoms with van der Waals surface area (Å²) in [6, 6.07) is 20.3. The summed E-state index contributed by atoms with van der Waals surface area (Å²) in [7, 11) is 1.57. The molecular formula is C25H24FN3O3. The Bertz CT molecular complexity index is 1120. The molecule has 1 saturated heterocycles. The largest absolute Gasteiger partial charge is 0.497 e.